The van der Waals surface area contributed by atoms with E-state index in [9.17, 15) is 4.79 Å². The molecular weight excluding hydrogens is 316 g/mol. The molecule has 0 aliphatic carbocycles. The minimum atomic E-state index is 0.0598. The zero-order valence-electron chi connectivity index (χ0n) is 11.3. The third-order valence-electron chi connectivity index (χ3n) is 3.01. The van der Waals surface area contributed by atoms with E-state index in [0.717, 1.165) is 15.7 Å². The van der Waals surface area contributed by atoms with Gasteiger partial charge in [0, 0.05) is 23.8 Å². The minimum Gasteiger partial charge on any atom is -0.376 e. The van der Waals surface area contributed by atoms with Gasteiger partial charge in [-0.3, -0.25) is 4.79 Å². The number of hydrogen-bond acceptors (Lipinski definition) is 2. The number of carbonyl (C=O) groups excluding carboxylic acids is 1. The lowest BCUT2D eigenvalue weighted by molar-refractivity contribution is -0.128. The van der Waals surface area contributed by atoms with Gasteiger partial charge in [0.15, 0.2) is 0 Å². The summed E-state index contributed by atoms with van der Waals surface area (Å²) in [4.78, 5) is 13.8. The van der Waals surface area contributed by atoms with Gasteiger partial charge in [0.05, 0.1) is 6.54 Å². The number of amides is 1. The van der Waals surface area contributed by atoms with Crippen molar-refractivity contribution in [2.24, 2.45) is 0 Å². The van der Waals surface area contributed by atoms with Gasteiger partial charge >= 0.3 is 0 Å². The van der Waals surface area contributed by atoms with E-state index >= 15 is 0 Å². The van der Waals surface area contributed by atoms with Crippen molar-refractivity contribution in [3.63, 3.8) is 0 Å². The molecule has 20 heavy (non-hydrogen) atoms. The molecule has 0 saturated carbocycles. The van der Waals surface area contributed by atoms with Crippen LogP contribution in [-0.2, 0) is 11.3 Å². The summed E-state index contributed by atoms with van der Waals surface area (Å²) in [6.45, 7) is 0.891. The maximum absolute atomic E-state index is 12.1. The molecule has 2 aromatic carbocycles. The average Bonchev–Trinajstić information content (AvgIpc) is 2.48. The Balaban J connectivity index is 1.88. The van der Waals surface area contributed by atoms with E-state index in [0.29, 0.717) is 13.1 Å². The van der Waals surface area contributed by atoms with Crippen LogP contribution < -0.4 is 5.32 Å². The Morgan fingerprint density at radius 1 is 1.10 bits per heavy atom. The zero-order valence-corrected chi connectivity index (χ0v) is 12.9. The second kappa shape index (κ2) is 7.10. The van der Waals surface area contributed by atoms with Crippen LogP contribution in [0.5, 0.6) is 0 Å². The van der Waals surface area contributed by atoms with Crippen LogP contribution in [0.4, 0.5) is 5.69 Å². The van der Waals surface area contributed by atoms with Gasteiger partial charge in [0.25, 0.3) is 0 Å². The Labute approximate surface area is 127 Å². The molecule has 0 aromatic heterocycles. The molecule has 2 rings (SSSR count). The van der Waals surface area contributed by atoms with Crippen LogP contribution in [-0.4, -0.2) is 24.4 Å². The largest absolute Gasteiger partial charge is 0.376 e. The Morgan fingerprint density at radius 2 is 1.75 bits per heavy atom. The Hall–Kier alpha value is -1.81. The number of nitrogens with zero attached hydrogens (tertiary/aromatic N) is 1. The lowest BCUT2D eigenvalue weighted by atomic mass is 10.2. The summed E-state index contributed by atoms with van der Waals surface area (Å²) in [5.41, 5.74) is 2.05. The number of carbonyl (C=O) groups is 1. The van der Waals surface area contributed by atoms with Crippen molar-refractivity contribution in [1.29, 1.82) is 0 Å². The fourth-order valence-electron chi connectivity index (χ4n) is 1.84. The first-order valence-corrected chi connectivity index (χ1v) is 7.22. The highest BCUT2D eigenvalue weighted by atomic mass is 79.9. The third kappa shape index (κ3) is 4.10. The van der Waals surface area contributed by atoms with Gasteiger partial charge in [-0.1, -0.05) is 52.3 Å². The molecule has 0 radical (unpaired) electrons. The molecular formula is C16H17BrN2O. The monoisotopic (exact) mass is 332 g/mol. The van der Waals surface area contributed by atoms with E-state index in [4.69, 9.17) is 0 Å². The highest BCUT2D eigenvalue weighted by Crippen LogP contribution is 2.17. The highest BCUT2D eigenvalue weighted by molar-refractivity contribution is 9.10. The average molecular weight is 333 g/mol. The molecule has 3 nitrogen and oxygen atoms in total. The van der Waals surface area contributed by atoms with Crippen LogP contribution in [0.1, 0.15) is 5.56 Å². The Kier molecular flexibility index (Phi) is 5.18. The van der Waals surface area contributed by atoms with Gasteiger partial charge in [-0.2, -0.15) is 0 Å². The summed E-state index contributed by atoms with van der Waals surface area (Å²) < 4.78 is 1.02. The van der Waals surface area contributed by atoms with E-state index in [2.05, 4.69) is 21.2 Å². The smallest absolute Gasteiger partial charge is 0.241 e. The van der Waals surface area contributed by atoms with E-state index in [-0.39, 0.29) is 5.91 Å². The number of anilines is 1. The molecule has 4 heteroatoms. The molecule has 0 bridgehead atoms. The molecule has 1 N–H and O–H groups in total. The summed E-state index contributed by atoms with van der Waals surface area (Å²) >= 11 is 3.50. The zero-order chi connectivity index (χ0) is 14.4. The quantitative estimate of drug-likeness (QED) is 0.908. The van der Waals surface area contributed by atoms with Gasteiger partial charge in [-0.15, -0.1) is 0 Å². The molecule has 0 aliphatic rings. The van der Waals surface area contributed by atoms with E-state index in [1.807, 2.05) is 61.6 Å². The van der Waals surface area contributed by atoms with Crippen LogP contribution in [0, 0.1) is 0 Å². The highest BCUT2D eigenvalue weighted by Gasteiger charge is 2.10. The van der Waals surface area contributed by atoms with Crippen LogP contribution in [0.2, 0.25) is 0 Å². The van der Waals surface area contributed by atoms with Gasteiger partial charge < -0.3 is 10.2 Å². The van der Waals surface area contributed by atoms with Crippen LogP contribution in [0.3, 0.4) is 0 Å². The van der Waals surface area contributed by atoms with E-state index in [1.165, 1.54) is 0 Å². The summed E-state index contributed by atoms with van der Waals surface area (Å²) in [5, 5.41) is 3.12. The van der Waals surface area contributed by atoms with Crippen molar-refractivity contribution in [1.82, 2.24) is 4.90 Å². The standard InChI is InChI=1S/C16H17BrN2O/c1-19(12-13-7-5-6-10-15(13)17)16(20)11-18-14-8-3-2-4-9-14/h2-10,18H,11-12H2,1H3. The number of para-hydroxylation sites is 1. The van der Waals surface area contributed by atoms with Crippen molar-refractivity contribution in [3.05, 3.63) is 64.6 Å². The number of benzene rings is 2. The lowest BCUT2D eigenvalue weighted by Gasteiger charge is -2.18. The van der Waals surface area contributed by atoms with Crippen molar-refractivity contribution < 1.29 is 4.79 Å². The molecule has 104 valence electrons. The maximum Gasteiger partial charge on any atom is 0.241 e. The molecule has 0 atom stereocenters. The molecule has 0 fully saturated rings. The summed E-state index contributed by atoms with van der Waals surface area (Å²) in [6, 6.07) is 17.7. The topological polar surface area (TPSA) is 32.3 Å². The fraction of sp³-hybridized carbons (Fsp3) is 0.188. The first-order chi connectivity index (χ1) is 9.66. The van der Waals surface area contributed by atoms with Crippen molar-refractivity contribution in [2.45, 2.75) is 6.54 Å². The van der Waals surface area contributed by atoms with Gasteiger partial charge in [0.2, 0.25) is 5.91 Å². The lowest BCUT2D eigenvalue weighted by Crippen LogP contribution is -2.31. The number of rotatable bonds is 5. The molecule has 0 spiro atoms. The fourth-order valence-corrected chi connectivity index (χ4v) is 2.25. The molecule has 0 aliphatic heterocycles. The number of halogens is 1. The SMILES string of the molecule is CN(Cc1ccccc1Br)C(=O)CNc1ccccc1. The molecule has 0 heterocycles. The summed E-state index contributed by atoms with van der Waals surface area (Å²) in [5.74, 6) is 0.0598. The minimum absolute atomic E-state index is 0.0598. The van der Waals surface area contributed by atoms with Crippen molar-refractivity contribution >= 4 is 27.5 Å². The van der Waals surface area contributed by atoms with Crippen molar-refractivity contribution in [3.8, 4) is 0 Å². The molecule has 0 saturated heterocycles. The van der Waals surface area contributed by atoms with Crippen LogP contribution >= 0.6 is 15.9 Å². The second-order valence-corrected chi connectivity index (χ2v) is 5.42. The predicted octanol–water partition coefficient (Wildman–Crippen LogP) is 3.52. The second-order valence-electron chi connectivity index (χ2n) is 4.56. The van der Waals surface area contributed by atoms with Gasteiger partial charge in [-0.05, 0) is 23.8 Å². The van der Waals surface area contributed by atoms with Crippen LogP contribution in [0.25, 0.3) is 0 Å². The Bertz CT molecular complexity index is 572. The van der Waals surface area contributed by atoms with E-state index in [1.54, 1.807) is 4.90 Å². The molecule has 0 unspecified atom stereocenters. The van der Waals surface area contributed by atoms with Crippen molar-refractivity contribution in [2.75, 3.05) is 18.9 Å². The third-order valence-corrected chi connectivity index (χ3v) is 3.78. The van der Waals surface area contributed by atoms with Crippen LogP contribution in [0.15, 0.2) is 59.1 Å². The maximum atomic E-state index is 12.1. The van der Waals surface area contributed by atoms with E-state index < -0.39 is 0 Å². The summed E-state index contributed by atoms with van der Waals surface area (Å²) in [6.07, 6.45) is 0. The molecule has 1 amide bonds. The summed E-state index contributed by atoms with van der Waals surface area (Å²) in [7, 11) is 1.81. The predicted molar refractivity (Wildman–Crippen MR) is 85.5 cm³/mol. The number of nitrogens with one attached hydrogen (secondary N) is 1. The first-order valence-electron chi connectivity index (χ1n) is 6.43. The number of hydrogen-bond donors (Lipinski definition) is 1. The molecule has 2 aromatic rings. The normalized spacial score (nSPS) is 10.1. The Morgan fingerprint density at radius 3 is 2.45 bits per heavy atom. The van der Waals surface area contributed by atoms with Gasteiger partial charge in [-0.25, -0.2) is 0 Å². The first kappa shape index (κ1) is 14.6. The number of likely N-dealkylation sites (N-methyl/N-ethyl adjacent to an activating group) is 1. The van der Waals surface area contributed by atoms with Gasteiger partial charge in [0.1, 0.15) is 0 Å².